The van der Waals surface area contributed by atoms with Crippen LogP contribution in [0, 0.1) is 0 Å². The maximum atomic E-state index is 12.7. The molecule has 0 bridgehead atoms. The highest BCUT2D eigenvalue weighted by Crippen LogP contribution is 2.20. The minimum Gasteiger partial charge on any atom is -0.339 e. The van der Waals surface area contributed by atoms with Gasteiger partial charge in [0.1, 0.15) is 5.65 Å². The molecule has 1 N–H and O–H groups in total. The first-order valence-electron chi connectivity index (χ1n) is 8.28. The molecule has 6 nitrogen and oxygen atoms in total. The van der Waals surface area contributed by atoms with Crippen molar-refractivity contribution in [1.29, 1.82) is 0 Å². The standard InChI is InChI=1S/C19H19ClN4O2/c1-3-23(13(2)25)12-14-7-6-8-15(11-14)21-19(26)17-18(20)22-16-9-4-5-10-24(16)17/h4-11H,3,12H2,1-2H3,(H,21,26). The van der Waals surface area contributed by atoms with Gasteiger partial charge in [0.05, 0.1) is 0 Å². The Labute approximate surface area is 156 Å². The molecule has 3 rings (SSSR count). The van der Waals surface area contributed by atoms with Crippen LogP contribution in [0.25, 0.3) is 5.65 Å². The maximum Gasteiger partial charge on any atom is 0.275 e. The number of anilines is 1. The van der Waals surface area contributed by atoms with E-state index in [0.29, 0.717) is 24.4 Å². The second-order valence-corrected chi connectivity index (χ2v) is 6.23. The molecule has 0 aliphatic carbocycles. The summed E-state index contributed by atoms with van der Waals surface area (Å²) in [5.41, 5.74) is 2.46. The van der Waals surface area contributed by atoms with Gasteiger partial charge in [0, 0.05) is 31.9 Å². The van der Waals surface area contributed by atoms with E-state index in [-0.39, 0.29) is 22.7 Å². The lowest BCUT2D eigenvalue weighted by atomic mass is 10.2. The van der Waals surface area contributed by atoms with Gasteiger partial charge < -0.3 is 10.2 Å². The molecule has 0 saturated carbocycles. The highest BCUT2D eigenvalue weighted by molar-refractivity contribution is 6.33. The lowest BCUT2D eigenvalue weighted by molar-refractivity contribution is -0.129. The smallest absolute Gasteiger partial charge is 0.275 e. The van der Waals surface area contributed by atoms with Gasteiger partial charge in [0.15, 0.2) is 10.8 Å². The van der Waals surface area contributed by atoms with Gasteiger partial charge in [-0.3, -0.25) is 14.0 Å². The van der Waals surface area contributed by atoms with Crippen molar-refractivity contribution in [2.24, 2.45) is 0 Å². The van der Waals surface area contributed by atoms with Gasteiger partial charge in [-0.05, 0) is 36.8 Å². The third-order valence-electron chi connectivity index (χ3n) is 4.09. The molecular weight excluding hydrogens is 352 g/mol. The van der Waals surface area contributed by atoms with Crippen LogP contribution in [0.2, 0.25) is 5.15 Å². The van der Waals surface area contributed by atoms with Crippen LogP contribution in [-0.2, 0) is 11.3 Å². The van der Waals surface area contributed by atoms with Crippen LogP contribution in [0.15, 0.2) is 48.7 Å². The van der Waals surface area contributed by atoms with E-state index in [9.17, 15) is 9.59 Å². The molecule has 0 aliphatic heterocycles. The first kappa shape index (κ1) is 17.9. The average molecular weight is 371 g/mol. The molecule has 0 radical (unpaired) electrons. The lowest BCUT2D eigenvalue weighted by Crippen LogP contribution is -2.27. The molecule has 0 fully saturated rings. The van der Waals surface area contributed by atoms with E-state index < -0.39 is 0 Å². The highest BCUT2D eigenvalue weighted by Gasteiger charge is 2.18. The minimum absolute atomic E-state index is 0.0134. The van der Waals surface area contributed by atoms with E-state index in [1.807, 2.05) is 37.3 Å². The number of aromatic nitrogens is 2. The molecular formula is C19H19ClN4O2. The number of amides is 2. The molecule has 0 spiro atoms. The summed E-state index contributed by atoms with van der Waals surface area (Å²) in [6, 6.07) is 12.8. The van der Waals surface area contributed by atoms with E-state index in [1.54, 1.807) is 34.6 Å². The minimum atomic E-state index is -0.343. The van der Waals surface area contributed by atoms with Crippen LogP contribution in [0.4, 0.5) is 5.69 Å². The van der Waals surface area contributed by atoms with Crippen LogP contribution >= 0.6 is 11.6 Å². The van der Waals surface area contributed by atoms with Gasteiger partial charge in [0.25, 0.3) is 5.91 Å². The largest absolute Gasteiger partial charge is 0.339 e. The predicted octanol–water partition coefficient (Wildman–Crippen LogP) is 3.61. The van der Waals surface area contributed by atoms with Crippen LogP contribution in [0.5, 0.6) is 0 Å². The van der Waals surface area contributed by atoms with Gasteiger partial charge in [-0.15, -0.1) is 0 Å². The second kappa shape index (κ2) is 7.58. The monoisotopic (exact) mass is 370 g/mol. The first-order chi connectivity index (χ1) is 12.5. The van der Waals surface area contributed by atoms with E-state index in [2.05, 4.69) is 10.3 Å². The molecule has 7 heteroatoms. The fourth-order valence-electron chi connectivity index (χ4n) is 2.77. The highest BCUT2D eigenvalue weighted by atomic mass is 35.5. The van der Waals surface area contributed by atoms with Crippen molar-refractivity contribution in [1.82, 2.24) is 14.3 Å². The number of benzene rings is 1. The number of imidazole rings is 1. The van der Waals surface area contributed by atoms with Gasteiger partial charge >= 0.3 is 0 Å². The van der Waals surface area contributed by atoms with Gasteiger partial charge in [-0.25, -0.2) is 4.98 Å². The Kier molecular flexibility index (Phi) is 5.23. The van der Waals surface area contributed by atoms with Crippen LogP contribution < -0.4 is 5.32 Å². The number of nitrogens with one attached hydrogen (secondary N) is 1. The number of pyridine rings is 1. The van der Waals surface area contributed by atoms with E-state index >= 15 is 0 Å². The van der Waals surface area contributed by atoms with E-state index in [4.69, 9.17) is 11.6 Å². The normalized spacial score (nSPS) is 10.7. The van der Waals surface area contributed by atoms with E-state index in [0.717, 1.165) is 5.56 Å². The molecule has 2 heterocycles. The Balaban J connectivity index is 1.82. The van der Waals surface area contributed by atoms with E-state index in [1.165, 1.54) is 0 Å². The zero-order valence-corrected chi connectivity index (χ0v) is 15.3. The zero-order valence-electron chi connectivity index (χ0n) is 14.6. The number of rotatable bonds is 5. The quantitative estimate of drug-likeness (QED) is 0.746. The molecule has 26 heavy (non-hydrogen) atoms. The first-order valence-corrected chi connectivity index (χ1v) is 8.65. The van der Waals surface area contributed by atoms with Crippen molar-refractivity contribution < 1.29 is 9.59 Å². The molecule has 134 valence electrons. The number of halogens is 1. The van der Waals surface area contributed by atoms with Crippen molar-refractivity contribution in [3.05, 3.63) is 65.1 Å². The van der Waals surface area contributed by atoms with Crippen molar-refractivity contribution in [3.63, 3.8) is 0 Å². The summed E-state index contributed by atoms with van der Waals surface area (Å²) in [6.45, 7) is 4.59. The second-order valence-electron chi connectivity index (χ2n) is 5.87. The van der Waals surface area contributed by atoms with Crippen LogP contribution in [-0.4, -0.2) is 32.6 Å². The number of carbonyl (C=O) groups is 2. The molecule has 0 aliphatic rings. The molecule has 2 amide bonds. The summed E-state index contributed by atoms with van der Waals surface area (Å²) in [4.78, 5) is 30.2. The summed E-state index contributed by atoms with van der Waals surface area (Å²) in [5, 5.41) is 3.00. The third-order valence-corrected chi connectivity index (χ3v) is 4.35. The molecule has 0 saturated heterocycles. The molecule has 0 unspecified atom stereocenters. The summed E-state index contributed by atoms with van der Waals surface area (Å²) in [6.07, 6.45) is 1.74. The van der Waals surface area contributed by atoms with Gasteiger partial charge in [-0.2, -0.15) is 0 Å². The number of fused-ring (bicyclic) bond motifs is 1. The summed E-state index contributed by atoms with van der Waals surface area (Å²) >= 11 is 6.15. The predicted molar refractivity (Wildman–Crippen MR) is 101 cm³/mol. The van der Waals surface area contributed by atoms with Gasteiger partial charge in [-0.1, -0.05) is 29.8 Å². The molecule has 0 atom stereocenters. The van der Waals surface area contributed by atoms with Crippen molar-refractivity contribution in [3.8, 4) is 0 Å². The van der Waals surface area contributed by atoms with Crippen molar-refractivity contribution in [2.75, 3.05) is 11.9 Å². The number of hydrogen-bond acceptors (Lipinski definition) is 3. The molecule has 2 aromatic heterocycles. The number of nitrogens with zero attached hydrogens (tertiary/aromatic N) is 3. The average Bonchev–Trinajstić information content (AvgIpc) is 2.95. The lowest BCUT2D eigenvalue weighted by Gasteiger charge is -2.19. The van der Waals surface area contributed by atoms with Crippen molar-refractivity contribution in [2.45, 2.75) is 20.4 Å². The third kappa shape index (κ3) is 3.70. The Morgan fingerprint density at radius 2 is 2.04 bits per heavy atom. The zero-order chi connectivity index (χ0) is 18.7. The summed E-state index contributed by atoms with van der Waals surface area (Å²) < 4.78 is 1.65. The summed E-state index contributed by atoms with van der Waals surface area (Å²) in [7, 11) is 0. The Bertz CT molecular complexity index is 967. The van der Waals surface area contributed by atoms with Gasteiger partial charge in [0.2, 0.25) is 5.91 Å². The SMILES string of the molecule is CCN(Cc1cccc(NC(=O)c2c(Cl)nc3ccccn23)c1)C(C)=O. The maximum absolute atomic E-state index is 12.7. The van der Waals surface area contributed by atoms with Crippen LogP contribution in [0.3, 0.4) is 0 Å². The summed E-state index contributed by atoms with van der Waals surface area (Å²) in [5.74, 6) is -0.329. The number of hydrogen-bond donors (Lipinski definition) is 1. The molecule has 1 aromatic carbocycles. The Hall–Kier alpha value is -2.86. The topological polar surface area (TPSA) is 66.7 Å². The fourth-order valence-corrected chi connectivity index (χ4v) is 3.04. The van der Waals surface area contributed by atoms with Crippen molar-refractivity contribution >= 4 is 34.7 Å². The fraction of sp³-hybridized carbons (Fsp3) is 0.211. The Morgan fingerprint density at radius 3 is 2.77 bits per heavy atom. The Morgan fingerprint density at radius 1 is 1.23 bits per heavy atom. The van der Waals surface area contributed by atoms with Crippen LogP contribution in [0.1, 0.15) is 29.9 Å². The number of carbonyl (C=O) groups excluding carboxylic acids is 2. The molecule has 3 aromatic rings.